The predicted octanol–water partition coefficient (Wildman–Crippen LogP) is 2.48. The summed E-state index contributed by atoms with van der Waals surface area (Å²) >= 11 is 0. The molecule has 0 radical (unpaired) electrons. The van der Waals surface area contributed by atoms with Crippen molar-refractivity contribution in [3.63, 3.8) is 0 Å². The standard InChI is InChI=1S/C16H21F3N2O/c17-12-1-2-13(18)15(19)14(12)16(11-3-9-22-10-4-11)21-7-5-20-6-8-21/h1-2,11,16,20H,3-10H2/t16-/m0/s1. The number of ether oxygens (including phenoxy) is 1. The van der Waals surface area contributed by atoms with Crippen molar-refractivity contribution in [2.24, 2.45) is 5.92 Å². The second-order valence-corrected chi connectivity index (χ2v) is 5.94. The maximum Gasteiger partial charge on any atom is 0.166 e. The number of piperazine rings is 1. The molecule has 122 valence electrons. The summed E-state index contributed by atoms with van der Waals surface area (Å²) in [5.41, 5.74) is -0.117. The smallest absolute Gasteiger partial charge is 0.166 e. The number of benzene rings is 1. The van der Waals surface area contributed by atoms with Gasteiger partial charge in [0.1, 0.15) is 5.82 Å². The molecule has 1 aromatic carbocycles. The highest BCUT2D eigenvalue weighted by molar-refractivity contribution is 5.26. The average molecular weight is 314 g/mol. The van der Waals surface area contributed by atoms with Gasteiger partial charge in [0.15, 0.2) is 11.6 Å². The predicted molar refractivity (Wildman–Crippen MR) is 77.0 cm³/mol. The van der Waals surface area contributed by atoms with Crippen LogP contribution in [0.2, 0.25) is 0 Å². The Morgan fingerprint density at radius 1 is 1.05 bits per heavy atom. The van der Waals surface area contributed by atoms with E-state index in [1.54, 1.807) is 0 Å². The Bertz CT molecular complexity index is 496. The van der Waals surface area contributed by atoms with Crippen LogP contribution in [-0.4, -0.2) is 44.3 Å². The molecular formula is C16H21F3N2O. The Morgan fingerprint density at radius 2 is 1.68 bits per heavy atom. The van der Waals surface area contributed by atoms with Crippen LogP contribution in [0.1, 0.15) is 24.4 Å². The van der Waals surface area contributed by atoms with Crippen LogP contribution in [0.4, 0.5) is 13.2 Å². The van der Waals surface area contributed by atoms with Gasteiger partial charge in [-0.05, 0) is 30.9 Å². The van der Waals surface area contributed by atoms with Crippen LogP contribution in [0.3, 0.4) is 0 Å². The quantitative estimate of drug-likeness (QED) is 0.868. The zero-order valence-electron chi connectivity index (χ0n) is 12.5. The van der Waals surface area contributed by atoms with Crippen LogP contribution in [0, 0.1) is 23.4 Å². The number of hydrogen-bond donors (Lipinski definition) is 1. The van der Waals surface area contributed by atoms with E-state index in [-0.39, 0.29) is 11.5 Å². The zero-order chi connectivity index (χ0) is 15.5. The first kappa shape index (κ1) is 15.8. The first-order valence-electron chi connectivity index (χ1n) is 7.84. The summed E-state index contributed by atoms with van der Waals surface area (Å²) in [5.74, 6) is -2.61. The van der Waals surface area contributed by atoms with Gasteiger partial charge in [0.25, 0.3) is 0 Å². The van der Waals surface area contributed by atoms with E-state index in [1.807, 2.05) is 0 Å². The van der Waals surface area contributed by atoms with Gasteiger partial charge in [-0.3, -0.25) is 4.90 Å². The molecule has 0 aromatic heterocycles. The Balaban J connectivity index is 1.98. The van der Waals surface area contributed by atoms with Crippen LogP contribution in [-0.2, 0) is 4.74 Å². The molecule has 3 rings (SSSR count). The van der Waals surface area contributed by atoms with E-state index in [0.717, 1.165) is 38.1 Å². The number of nitrogens with zero attached hydrogens (tertiary/aromatic N) is 1. The van der Waals surface area contributed by atoms with E-state index in [1.165, 1.54) is 0 Å². The number of hydrogen-bond acceptors (Lipinski definition) is 3. The minimum atomic E-state index is -1.05. The molecule has 1 aromatic rings. The number of nitrogens with one attached hydrogen (secondary N) is 1. The topological polar surface area (TPSA) is 24.5 Å². The van der Waals surface area contributed by atoms with Crippen molar-refractivity contribution in [2.75, 3.05) is 39.4 Å². The van der Waals surface area contributed by atoms with E-state index >= 15 is 0 Å². The lowest BCUT2D eigenvalue weighted by Crippen LogP contribution is -2.48. The first-order chi connectivity index (χ1) is 10.7. The highest BCUT2D eigenvalue weighted by atomic mass is 19.2. The Morgan fingerprint density at radius 3 is 2.36 bits per heavy atom. The van der Waals surface area contributed by atoms with Crippen molar-refractivity contribution in [3.8, 4) is 0 Å². The molecule has 0 saturated carbocycles. The van der Waals surface area contributed by atoms with Crippen LogP contribution < -0.4 is 5.32 Å². The third-order valence-electron chi connectivity index (χ3n) is 4.63. The summed E-state index contributed by atoms with van der Waals surface area (Å²) in [6.07, 6.45) is 1.48. The molecule has 0 bridgehead atoms. The van der Waals surface area contributed by atoms with Gasteiger partial charge >= 0.3 is 0 Å². The molecule has 2 fully saturated rings. The minimum absolute atomic E-state index is 0.0812. The second-order valence-electron chi connectivity index (χ2n) is 5.94. The first-order valence-corrected chi connectivity index (χ1v) is 7.84. The van der Waals surface area contributed by atoms with Gasteiger partial charge in [0.2, 0.25) is 0 Å². The zero-order valence-corrected chi connectivity index (χ0v) is 12.5. The Kier molecular flexibility index (Phi) is 5.00. The average Bonchev–Trinajstić information content (AvgIpc) is 2.57. The van der Waals surface area contributed by atoms with Gasteiger partial charge in [-0.2, -0.15) is 0 Å². The molecule has 1 atom stereocenters. The van der Waals surface area contributed by atoms with E-state index in [2.05, 4.69) is 10.2 Å². The van der Waals surface area contributed by atoms with Crippen LogP contribution >= 0.6 is 0 Å². The Hall–Kier alpha value is -1.11. The van der Waals surface area contributed by atoms with E-state index < -0.39 is 23.5 Å². The Labute approximate surface area is 128 Å². The lowest BCUT2D eigenvalue weighted by atomic mass is 9.85. The summed E-state index contributed by atoms with van der Waals surface area (Å²) < 4.78 is 47.7. The molecule has 2 aliphatic heterocycles. The molecule has 6 heteroatoms. The fourth-order valence-electron chi connectivity index (χ4n) is 3.52. The molecule has 0 aliphatic carbocycles. The normalized spacial score (nSPS) is 22.7. The third-order valence-corrected chi connectivity index (χ3v) is 4.63. The summed E-state index contributed by atoms with van der Waals surface area (Å²) in [6.45, 7) is 4.14. The molecule has 0 amide bonds. The lowest BCUT2D eigenvalue weighted by Gasteiger charge is -2.41. The molecule has 3 nitrogen and oxygen atoms in total. The van der Waals surface area contributed by atoms with Gasteiger partial charge in [0, 0.05) is 51.0 Å². The highest BCUT2D eigenvalue weighted by Crippen LogP contribution is 2.38. The van der Waals surface area contributed by atoms with Crippen molar-refractivity contribution in [3.05, 3.63) is 35.1 Å². The summed E-state index contributed by atoms with van der Waals surface area (Å²) in [6, 6.07) is 1.46. The van der Waals surface area contributed by atoms with E-state index in [9.17, 15) is 13.2 Å². The molecule has 2 heterocycles. The largest absolute Gasteiger partial charge is 0.381 e. The van der Waals surface area contributed by atoms with Gasteiger partial charge in [0.05, 0.1) is 0 Å². The molecular weight excluding hydrogens is 293 g/mol. The van der Waals surface area contributed by atoms with E-state index in [4.69, 9.17) is 4.74 Å². The van der Waals surface area contributed by atoms with Gasteiger partial charge in [-0.1, -0.05) is 0 Å². The SMILES string of the molecule is Fc1ccc(F)c([C@H](C2CCOCC2)N2CCNCC2)c1F. The highest BCUT2D eigenvalue weighted by Gasteiger charge is 2.35. The third kappa shape index (κ3) is 3.14. The van der Waals surface area contributed by atoms with Gasteiger partial charge < -0.3 is 10.1 Å². The number of rotatable bonds is 3. The van der Waals surface area contributed by atoms with Crippen molar-refractivity contribution in [2.45, 2.75) is 18.9 Å². The fourth-order valence-corrected chi connectivity index (χ4v) is 3.52. The fraction of sp³-hybridized carbons (Fsp3) is 0.625. The van der Waals surface area contributed by atoms with Crippen LogP contribution in [0.25, 0.3) is 0 Å². The van der Waals surface area contributed by atoms with Crippen LogP contribution in [0.5, 0.6) is 0 Å². The number of halogens is 3. The van der Waals surface area contributed by atoms with Crippen molar-refractivity contribution >= 4 is 0 Å². The maximum atomic E-state index is 14.3. The maximum absolute atomic E-state index is 14.3. The molecule has 0 spiro atoms. The van der Waals surface area contributed by atoms with Gasteiger partial charge in [-0.25, -0.2) is 13.2 Å². The molecule has 0 unspecified atom stereocenters. The van der Waals surface area contributed by atoms with Crippen molar-refractivity contribution < 1.29 is 17.9 Å². The van der Waals surface area contributed by atoms with Gasteiger partial charge in [-0.15, -0.1) is 0 Å². The van der Waals surface area contributed by atoms with E-state index in [0.29, 0.717) is 26.3 Å². The van der Waals surface area contributed by atoms with Crippen LogP contribution in [0.15, 0.2) is 12.1 Å². The molecule has 2 aliphatic rings. The second kappa shape index (κ2) is 6.98. The van der Waals surface area contributed by atoms with Crippen molar-refractivity contribution in [1.82, 2.24) is 10.2 Å². The lowest BCUT2D eigenvalue weighted by molar-refractivity contribution is 0.0190. The molecule has 22 heavy (non-hydrogen) atoms. The molecule has 1 N–H and O–H groups in total. The summed E-state index contributed by atoms with van der Waals surface area (Å²) in [7, 11) is 0. The minimum Gasteiger partial charge on any atom is -0.381 e. The van der Waals surface area contributed by atoms with Crippen molar-refractivity contribution in [1.29, 1.82) is 0 Å². The molecule has 2 saturated heterocycles. The monoisotopic (exact) mass is 314 g/mol. The summed E-state index contributed by atoms with van der Waals surface area (Å²) in [4.78, 5) is 2.08. The summed E-state index contributed by atoms with van der Waals surface area (Å²) in [5, 5.41) is 3.24.